The minimum Gasteiger partial charge on any atom is -0.207 e. The molecule has 0 aromatic rings. The van der Waals surface area contributed by atoms with Crippen molar-refractivity contribution in [1.82, 2.24) is 0 Å². The van der Waals surface area contributed by atoms with Crippen molar-refractivity contribution in [3.63, 3.8) is 0 Å². The lowest BCUT2D eigenvalue weighted by Gasteiger charge is -1.65. The highest BCUT2D eigenvalue weighted by Gasteiger charge is 1.67. The SMILES string of the molecule is [CH]=CC(=[CH])F. The van der Waals surface area contributed by atoms with E-state index in [1.54, 1.807) is 0 Å². The van der Waals surface area contributed by atoms with Crippen molar-refractivity contribution >= 4 is 0 Å². The maximum absolute atomic E-state index is 10.9. The first kappa shape index (κ1) is 4.41. The summed E-state index contributed by atoms with van der Waals surface area (Å²) in [6.07, 6.45) is 0.694. The van der Waals surface area contributed by atoms with Crippen LogP contribution in [0.15, 0.2) is 11.9 Å². The van der Waals surface area contributed by atoms with Gasteiger partial charge in [0.25, 0.3) is 0 Å². The zero-order chi connectivity index (χ0) is 4.28. The molecule has 5 heavy (non-hydrogen) atoms. The summed E-state index contributed by atoms with van der Waals surface area (Å²) >= 11 is 0. The highest BCUT2D eigenvalue weighted by atomic mass is 19.1. The van der Waals surface area contributed by atoms with Crippen LogP contribution in [0.5, 0.6) is 0 Å². The van der Waals surface area contributed by atoms with Crippen molar-refractivity contribution in [1.29, 1.82) is 0 Å². The second kappa shape index (κ2) is 1.70. The zero-order valence-electron chi connectivity index (χ0n) is 2.61. The lowest BCUT2D eigenvalue weighted by atomic mass is 10.6. The number of rotatable bonds is 1. The van der Waals surface area contributed by atoms with Crippen LogP contribution >= 0.6 is 0 Å². The maximum atomic E-state index is 10.9. The van der Waals surface area contributed by atoms with Gasteiger partial charge in [0.2, 0.25) is 0 Å². The predicted molar refractivity (Wildman–Crippen MR) is 17.8 cm³/mol. The van der Waals surface area contributed by atoms with Crippen LogP contribution in [0, 0.1) is 13.2 Å². The predicted octanol–water partition coefficient (Wildman–Crippen LogP) is 1.26. The van der Waals surface area contributed by atoms with Crippen molar-refractivity contribution in [2.75, 3.05) is 0 Å². The molecule has 0 bridgehead atoms. The van der Waals surface area contributed by atoms with Gasteiger partial charge in [-0.05, 0) is 12.7 Å². The van der Waals surface area contributed by atoms with Gasteiger partial charge in [-0.25, -0.2) is 4.39 Å². The van der Waals surface area contributed by atoms with Crippen LogP contribution in [0.4, 0.5) is 4.39 Å². The fourth-order valence-electron chi connectivity index (χ4n) is 0. The molecular formula is C4H3F. The molecule has 0 aromatic carbocycles. The fourth-order valence-corrected chi connectivity index (χ4v) is 0. The van der Waals surface area contributed by atoms with E-state index in [9.17, 15) is 4.39 Å². The molecule has 0 aliphatic rings. The van der Waals surface area contributed by atoms with Gasteiger partial charge in [-0.3, -0.25) is 0 Å². The average molecular weight is 70.1 g/mol. The molecule has 0 N–H and O–H groups in total. The molecule has 2 radical (unpaired) electrons. The first-order valence-electron chi connectivity index (χ1n) is 1.10. The van der Waals surface area contributed by atoms with Gasteiger partial charge in [-0.1, -0.05) is 6.58 Å². The normalized spacial score (nSPS) is 6.60. The quantitative estimate of drug-likeness (QED) is 0.407. The monoisotopic (exact) mass is 70.0 g/mol. The summed E-state index contributed by atoms with van der Waals surface area (Å²) in [5.41, 5.74) is 0. The van der Waals surface area contributed by atoms with Gasteiger partial charge >= 0.3 is 0 Å². The Bertz CT molecular complexity index is 54.7. The molecule has 0 amide bonds. The lowest BCUT2D eigenvalue weighted by molar-refractivity contribution is 0.669. The van der Waals surface area contributed by atoms with Crippen molar-refractivity contribution < 1.29 is 4.39 Å². The summed E-state index contributed by atoms with van der Waals surface area (Å²) in [4.78, 5) is 0. The van der Waals surface area contributed by atoms with Gasteiger partial charge in [0.05, 0.1) is 0 Å². The fraction of sp³-hybridized carbons (Fsp3) is 0. The molecule has 0 fully saturated rings. The zero-order valence-corrected chi connectivity index (χ0v) is 2.61. The molecule has 1 heteroatoms. The first-order chi connectivity index (χ1) is 2.27. The molecule has 0 spiro atoms. The molecule has 0 atom stereocenters. The highest BCUT2D eigenvalue weighted by molar-refractivity contribution is 4.95. The summed E-state index contributed by atoms with van der Waals surface area (Å²) in [7, 11) is 0. The van der Waals surface area contributed by atoms with E-state index in [4.69, 9.17) is 0 Å². The van der Waals surface area contributed by atoms with Gasteiger partial charge in [-0.15, -0.1) is 0 Å². The Morgan fingerprint density at radius 1 is 1.80 bits per heavy atom. The Kier molecular flexibility index (Phi) is 1.50. The van der Waals surface area contributed by atoms with Crippen LogP contribution in [0.25, 0.3) is 0 Å². The van der Waals surface area contributed by atoms with E-state index in [0.29, 0.717) is 6.08 Å². The molecule has 0 heterocycles. The van der Waals surface area contributed by atoms with E-state index < -0.39 is 5.83 Å². The third-order valence-electron chi connectivity index (χ3n) is 0.159. The second-order valence-corrected chi connectivity index (χ2v) is 0.552. The Labute approximate surface area is 30.6 Å². The average Bonchev–Trinajstić information content (AvgIpc) is 1.38. The lowest BCUT2D eigenvalue weighted by Crippen LogP contribution is -1.47. The van der Waals surface area contributed by atoms with Crippen molar-refractivity contribution in [3.8, 4) is 0 Å². The van der Waals surface area contributed by atoms with Gasteiger partial charge in [0, 0.05) is 0 Å². The van der Waals surface area contributed by atoms with Crippen molar-refractivity contribution in [2.45, 2.75) is 0 Å². The van der Waals surface area contributed by atoms with Crippen LogP contribution in [-0.2, 0) is 0 Å². The Hall–Kier alpha value is -0.590. The number of halogens is 1. The molecule has 0 unspecified atom stereocenters. The van der Waals surface area contributed by atoms with Gasteiger partial charge in [0.1, 0.15) is 5.83 Å². The van der Waals surface area contributed by atoms with Gasteiger partial charge in [0.15, 0.2) is 0 Å². The van der Waals surface area contributed by atoms with E-state index in [-0.39, 0.29) is 0 Å². The smallest absolute Gasteiger partial charge is 0.123 e. The molecule has 0 saturated carbocycles. The van der Waals surface area contributed by atoms with Crippen LogP contribution in [0.3, 0.4) is 0 Å². The first-order valence-corrected chi connectivity index (χ1v) is 1.10. The largest absolute Gasteiger partial charge is 0.207 e. The summed E-state index contributed by atoms with van der Waals surface area (Å²) in [5, 5.41) is 0. The topological polar surface area (TPSA) is 0 Å². The summed E-state index contributed by atoms with van der Waals surface area (Å²) in [6.45, 7) is 8.87. The summed E-state index contributed by atoms with van der Waals surface area (Å²) in [6, 6.07) is 0. The molecule has 0 rings (SSSR count). The Morgan fingerprint density at radius 2 is 2.00 bits per heavy atom. The Morgan fingerprint density at radius 3 is 2.00 bits per heavy atom. The minimum absolute atomic E-state index is 0.694. The second-order valence-electron chi connectivity index (χ2n) is 0.552. The Balaban J connectivity index is 3.20. The number of hydrogen-bond acceptors (Lipinski definition) is 0. The molecule has 0 nitrogen and oxygen atoms in total. The summed E-state index contributed by atoms with van der Waals surface area (Å²) < 4.78 is 10.9. The van der Waals surface area contributed by atoms with E-state index in [2.05, 4.69) is 13.2 Å². The molecular weight excluding hydrogens is 67.0 g/mol. The number of allylic oxidation sites excluding steroid dienone is 2. The third-order valence-corrected chi connectivity index (χ3v) is 0.159. The summed E-state index contributed by atoms with van der Waals surface area (Å²) in [5.74, 6) is -0.843. The van der Waals surface area contributed by atoms with Crippen LogP contribution < -0.4 is 0 Å². The maximum Gasteiger partial charge on any atom is 0.123 e. The van der Waals surface area contributed by atoms with Crippen molar-refractivity contribution in [3.05, 3.63) is 25.1 Å². The number of hydrogen-bond donors (Lipinski definition) is 0. The van der Waals surface area contributed by atoms with Gasteiger partial charge in [-0.2, -0.15) is 0 Å². The van der Waals surface area contributed by atoms with Crippen LogP contribution in [0.2, 0.25) is 0 Å². The standard InChI is InChI=1S/C4H3F/c1-3-4(2)5/h1-3H. The van der Waals surface area contributed by atoms with Crippen LogP contribution in [-0.4, -0.2) is 0 Å². The highest BCUT2D eigenvalue weighted by Crippen LogP contribution is 1.85. The minimum atomic E-state index is -0.843. The molecule has 0 saturated heterocycles. The molecule has 0 aliphatic carbocycles. The van der Waals surface area contributed by atoms with E-state index in [1.807, 2.05) is 0 Å². The van der Waals surface area contributed by atoms with E-state index in [1.165, 1.54) is 0 Å². The van der Waals surface area contributed by atoms with Gasteiger partial charge < -0.3 is 0 Å². The van der Waals surface area contributed by atoms with Crippen molar-refractivity contribution in [2.24, 2.45) is 0 Å². The van der Waals surface area contributed by atoms with E-state index >= 15 is 0 Å². The van der Waals surface area contributed by atoms with Crippen LogP contribution in [0.1, 0.15) is 0 Å². The van der Waals surface area contributed by atoms with E-state index in [0.717, 1.165) is 0 Å². The molecule has 26 valence electrons. The third kappa shape index (κ3) is 3.41. The molecule has 0 aromatic heterocycles. The molecule has 0 aliphatic heterocycles.